The van der Waals surface area contributed by atoms with Gasteiger partial charge in [0.25, 0.3) is 5.91 Å². The monoisotopic (exact) mass is 422 g/mol. The van der Waals surface area contributed by atoms with E-state index in [0.29, 0.717) is 13.0 Å². The van der Waals surface area contributed by atoms with Crippen LogP contribution in [-0.4, -0.2) is 58.3 Å². The number of halogens is 3. The lowest BCUT2D eigenvalue weighted by atomic mass is 10.1. The molecule has 0 spiro atoms. The number of methoxy groups -OCH3 is 1. The van der Waals surface area contributed by atoms with Crippen LogP contribution >= 0.6 is 34.8 Å². The Morgan fingerprint density at radius 2 is 2.12 bits per heavy atom. The van der Waals surface area contributed by atoms with Crippen LogP contribution < -0.4 is 9.64 Å². The Morgan fingerprint density at radius 3 is 2.77 bits per heavy atom. The quantitative estimate of drug-likeness (QED) is 0.740. The van der Waals surface area contributed by atoms with Crippen LogP contribution in [-0.2, 0) is 4.74 Å². The van der Waals surface area contributed by atoms with E-state index in [-0.39, 0.29) is 22.9 Å². The zero-order valence-electron chi connectivity index (χ0n) is 13.8. The predicted octanol–water partition coefficient (Wildman–Crippen LogP) is 2.95. The fourth-order valence-corrected chi connectivity index (χ4v) is 3.50. The van der Waals surface area contributed by atoms with Gasteiger partial charge >= 0.3 is 6.09 Å². The van der Waals surface area contributed by atoms with Gasteiger partial charge in [-0.1, -0.05) is 40.9 Å². The molecule has 142 valence electrons. The molecular weight excluding hydrogens is 407 g/mol. The van der Waals surface area contributed by atoms with Gasteiger partial charge in [0.1, 0.15) is 18.0 Å². The highest BCUT2D eigenvalue weighted by atomic mass is 35.6. The first kappa shape index (κ1) is 19.4. The Hall–Kier alpha value is -1.41. The second-order valence-electron chi connectivity index (χ2n) is 6.02. The summed E-state index contributed by atoms with van der Waals surface area (Å²) >= 11 is 16.9. The van der Waals surface area contributed by atoms with E-state index >= 15 is 0 Å². The summed E-state index contributed by atoms with van der Waals surface area (Å²) < 4.78 is 8.56. The van der Waals surface area contributed by atoms with Crippen molar-refractivity contribution < 1.29 is 24.2 Å². The van der Waals surface area contributed by atoms with Gasteiger partial charge in [-0.25, -0.2) is 9.69 Å². The van der Waals surface area contributed by atoms with E-state index < -0.39 is 28.8 Å². The predicted molar refractivity (Wildman–Crippen MR) is 97.2 cm³/mol. The molecule has 2 atom stereocenters. The van der Waals surface area contributed by atoms with Crippen LogP contribution in [0.1, 0.15) is 23.2 Å². The number of aliphatic hydroxyl groups is 1. The number of hydrogen-bond acceptors (Lipinski definition) is 5. The van der Waals surface area contributed by atoms with E-state index in [1.165, 1.54) is 7.11 Å². The van der Waals surface area contributed by atoms with Crippen LogP contribution in [0.3, 0.4) is 0 Å². The fraction of sp³-hybridized carbons (Fsp3) is 0.500. The average molecular weight is 424 g/mol. The van der Waals surface area contributed by atoms with Crippen molar-refractivity contribution in [3.05, 3.63) is 23.8 Å². The number of nitrogens with zero attached hydrogens (tertiary/aromatic N) is 2. The van der Waals surface area contributed by atoms with Crippen LogP contribution in [0.5, 0.6) is 5.75 Å². The number of carbonyl (C=O) groups is 2. The van der Waals surface area contributed by atoms with E-state index in [1.54, 1.807) is 23.1 Å². The van der Waals surface area contributed by atoms with Gasteiger partial charge < -0.3 is 19.5 Å². The van der Waals surface area contributed by atoms with Crippen molar-refractivity contribution in [1.29, 1.82) is 0 Å². The summed E-state index contributed by atoms with van der Waals surface area (Å²) in [6.45, 7) is -0.0131. The lowest BCUT2D eigenvalue weighted by Gasteiger charge is -2.32. The molecule has 2 amide bonds. The molecule has 1 fully saturated rings. The average Bonchev–Trinajstić information content (AvgIpc) is 3.05. The van der Waals surface area contributed by atoms with Gasteiger partial charge in [-0.05, 0) is 25.0 Å². The Kier molecular flexibility index (Phi) is 5.44. The van der Waals surface area contributed by atoms with Crippen molar-refractivity contribution in [2.45, 2.75) is 28.9 Å². The lowest BCUT2D eigenvalue weighted by Crippen LogP contribution is -2.51. The summed E-state index contributed by atoms with van der Waals surface area (Å²) in [7, 11) is 1.41. The minimum Gasteiger partial charge on any atom is -0.495 e. The number of benzene rings is 1. The molecule has 3 rings (SSSR count). The molecule has 2 heterocycles. The number of anilines is 1. The third-order valence-corrected chi connectivity index (χ3v) is 4.74. The van der Waals surface area contributed by atoms with E-state index in [0.717, 1.165) is 11.3 Å². The summed E-state index contributed by atoms with van der Waals surface area (Å²) in [6, 6.07) is 4.25. The first-order valence-electron chi connectivity index (χ1n) is 7.93. The normalized spacial score (nSPS) is 22.6. The molecule has 0 unspecified atom stereocenters. The molecule has 0 radical (unpaired) electrons. The first-order valence-corrected chi connectivity index (χ1v) is 9.07. The number of alkyl halides is 3. The second kappa shape index (κ2) is 7.31. The smallest absolute Gasteiger partial charge is 0.416 e. The molecule has 10 heteroatoms. The Labute approximate surface area is 165 Å². The van der Waals surface area contributed by atoms with Gasteiger partial charge in [0.15, 0.2) is 6.23 Å². The Bertz CT molecular complexity index is 724. The van der Waals surface area contributed by atoms with Crippen molar-refractivity contribution in [1.82, 2.24) is 4.90 Å². The molecule has 7 nitrogen and oxygen atoms in total. The number of para-hydroxylation sites is 1. The maximum Gasteiger partial charge on any atom is 0.416 e. The molecule has 26 heavy (non-hydrogen) atoms. The molecule has 2 aliphatic heterocycles. The highest BCUT2D eigenvalue weighted by Gasteiger charge is 2.46. The van der Waals surface area contributed by atoms with Crippen molar-refractivity contribution >= 4 is 52.5 Å². The molecule has 0 aliphatic carbocycles. The maximum absolute atomic E-state index is 12.9. The summed E-state index contributed by atoms with van der Waals surface area (Å²) in [5.74, 6) is -0.0287. The van der Waals surface area contributed by atoms with Crippen molar-refractivity contribution in [2.75, 3.05) is 25.2 Å². The summed E-state index contributed by atoms with van der Waals surface area (Å²) in [5, 5.41) is 10.9. The van der Waals surface area contributed by atoms with Crippen LogP contribution in [0, 0.1) is 0 Å². The molecular formula is C16H17Cl3N2O5. The third kappa shape index (κ3) is 3.53. The summed E-state index contributed by atoms with van der Waals surface area (Å²) in [4.78, 5) is 28.2. The minimum absolute atomic E-state index is 0.135. The van der Waals surface area contributed by atoms with Gasteiger partial charge in [0.05, 0.1) is 18.7 Å². The van der Waals surface area contributed by atoms with Crippen LogP contribution in [0.25, 0.3) is 0 Å². The molecule has 1 N–H and O–H groups in total. The molecule has 0 bridgehead atoms. The number of hydrogen-bond donors (Lipinski definition) is 1. The highest BCUT2D eigenvalue weighted by Crippen LogP contribution is 2.40. The number of carbonyl (C=O) groups excluding carboxylic acids is 2. The standard InChI is InChI=1S/C16H17Cl3N2O5/c1-25-11-6-2-4-9-12(11)21(15(24)26-8-16(17,18)19)14(23)10-5-3-7-20(10)13(9)22/h2,4,6,10,14,23H,3,5,7-8H2,1H3/t10-,14-/m0/s1. The third-order valence-electron chi connectivity index (χ3n) is 4.42. The molecule has 1 saturated heterocycles. The van der Waals surface area contributed by atoms with Gasteiger partial charge in [-0.2, -0.15) is 0 Å². The van der Waals surface area contributed by atoms with E-state index in [1.807, 2.05) is 0 Å². The topological polar surface area (TPSA) is 79.3 Å². The van der Waals surface area contributed by atoms with Gasteiger partial charge in [-0.3, -0.25) is 4.79 Å². The minimum atomic E-state index is -1.80. The Balaban J connectivity index is 2.07. The zero-order valence-corrected chi connectivity index (χ0v) is 16.1. The highest BCUT2D eigenvalue weighted by molar-refractivity contribution is 6.67. The molecule has 1 aromatic carbocycles. The van der Waals surface area contributed by atoms with E-state index in [2.05, 4.69) is 0 Å². The van der Waals surface area contributed by atoms with Crippen LogP contribution in [0.4, 0.5) is 10.5 Å². The molecule has 0 aromatic heterocycles. The zero-order chi connectivity index (χ0) is 19.1. The lowest BCUT2D eigenvalue weighted by molar-refractivity contribution is 0.0490. The fourth-order valence-electron chi connectivity index (χ4n) is 3.33. The number of fused-ring (bicyclic) bond motifs is 2. The maximum atomic E-state index is 12.9. The summed E-state index contributed by atoms with van der Waals surface area (Å²) in [6.07, 6.45) is -0.973. The number of aliphatic hydroxyl groups excluding tert-OH is 1. The number of amides is 2. The largest absolute Gasteiger partial charge is 0.495 e. The van der Waals surface area contributed by atoms with Gasteiger partial charge in [0.2, 0.25) is 3.79 Å². The van der Waals surface area contributed by atoms with Gasteiger partial charge in [-0.15, -0.1) is 0 Å². The van der Waals surface area contributed by atoms with E-state index in [9.17, 15) is 14.7 Å². The van der Waals surface area contributed by atoms with Crippen molar-refractivity contribution in [3.8, 4) is 5.75 Å². The number of rotatable bonds is 2. The second-order valence-corrected chi connectivity index (χ2v) is 8.53. The molecule has 2 aliphatic rings. The summed E-state index contributed by atoms with van der Waals surface area (Å²) in [5.41, 5.74) is 0.370. The van der Waals surface area contributed by atoms with Crippen LogP contribution in [0.15, 0.2) is 18.2 Å². The van der Waals surface area contributed by atoms with E-state index in [4.69, 9.17) is 44.3 Å². The van der Waals surface area contributed by atoms with Crippen molar-refractivity contribution in [2.24, 2.45) is 0 Å². The first-order chi connectivity index (χ1) is 12.2. The number of ether oxygens (including phenoxy) is 2. The van der Waals surface area contributed by atoms with Crippen molar-refractivity contribution in [3.63, 3.8) is 0 Å². The SMILES string of the molecule is COc1cccc2c1N(C(=O)OCC(Cl)(Cl)Cl)[C@@H](O)[C@@H]1CCCN1C2=O. The van der Waals surface area contributed by atoms with Crippen LogP contribution in [0.2, 0.25) is 0 Å². The molecule has 0 saturated carbocycles. The van der Waals surface area contributed by atoms with Gasteiger partial charge in [0, 0.05) is 6.54 Å². The Morgan fingerprint density at radius 1 is 1.38 bits per heavy atom. The molecule has 1 aromatic rings.